The minimum absolute atomic E-state index is 0.0248. The number of hydrogen-bond donors (Lipinski definition) is 2. The van der Waals surface area contributed by atoms with Crippen LogP contribution < -0.4 is 14.8 Å². The van der Waals surface area contributed by atoms with Gasteiger partial charge in [-0.05, 0) is 67.1 Å². The number of carbonyl (C=O) groups is 1. The van der Waals surface area contributed by atoms with Crippen LogP contribution >= 0.6 is 0 Å². The van der Waals surface area contributed by atoms with E-state index in [9.17, 15) is 26.4 Å². The molecule has 2 aliphatic rings. The zero-order valence-electron chi connectivity index (χ0n) is 21.1. The molecule has 7 nitrogen and oxygen atoms in total. The largest absolute Gasteiger partial charge is 0.516 e. The maximum absolute atomic E-state index is 15.5. The average Bonchev–Trinajstić information content (AvgIpc) is 3.35. The van der Waals surface area contributed by atoms with Crippen molar-refractivity contribution in [2.24, 2.45) is 5.92 Å². The smallest absolute Gasteiger partial charge is 0.454 e. The van der Waals surface area contributed by atoms with Gasteiger partial charge in [0, 0.05) is 30.4 Å². The number of nitrogens with zero attached hydrogens (tertiary/aromatic N) is 1. The number of hydrogen-bond acceptors (Lipinski definition) is 5. The lowest BCUT2D eigenvalue weighted by Crippen LogP contribution is -2.46. The maximum Gasteiger partial charge on any atom is 0.516 e. The van der Waals surface area contributed by atoms with Gasteiger partial charge < -0.3 is 15.0 Å². The topological polar surface area (TPSA) is 87.7 Å². The van der Waals surface area contributed by atoms with E-state index in [0.717, 1.165) is 18.9 Å². The molecule has 0 radical (unpaired) electrons. The van der Waals surface area contributed by atoms with E-state index in [0.29, 0.717) is 24.1 Å². The van der Waals surface area contributed by atoms with Gasteiger partial charge in [-0.1, -0.05) is 26.0 Å². The molecule has 38 heavy (non-hydrogen) atoms. The Bertz CT molecular complexity index is 1360. The summed E-state index contributed by atoms with van der Waals surface area (Å²) in [5, 5.41) is 3.13. The minimum Gasteiger partial charge on any atom is -0.454 e. The lowest BCUT2D eigenvalue weighted by Gasteiger charge is -2.32. The number of benzene rings is 2. The molecule has 0 spiro atoms. The zero-order chi connectivity index (χ0) is 27.8. The Hall–Kier alpha value is -3.12. The highest BCUT2D eigenvalue weighted by atomic mass is 32.2. The number of ether oxygens (including phenoxy) is 1. The van der Waals surface area contributed by atoms with Gasteiger partial charge in [-0.3, -0.25) is 9.52 Å². The molecule has 2 atom stereocenters. The third-order valence-electron chi connectivity index (χ3n) is 7.05. The lowest BCUT2D eigenvalue weighted by atomic mass is 9.84. The Morgan fingerprint density at radius 2 is 1.87 bits per heavy atom. The van der Waals surface area contributed by atoms with Gasteiger partial charge in [-0.25, -0.2) is 4.39 Å². The number of amides is 1. The van der Waals surface area contributed by atoms with E-state index in [4.69, 9.17) is 4.74 Å². The molecule has 2 unspecified atom stereocenters. The van der Waals surface area contributed by atoms with Crippen molar-refractivity contribution >= 4 is 27.2 Å². The fourth-order valence-corrected chi connectivity index (χ4v) is 5.60. The fourth-order valence-electron chi connectivity index (χ4n) is 5.04. The van der Waals surface area contributed by atoms with Gasteiger partial charge >= 0.3 is 15.5 Å². The summed E-state index contributed by atoms with van der Waals surface area (Å²) in [5.74, 6) is -1.03. The van der Waals surface area contributed by atoms with Gasteiger partial charge in [-0.2, -0.15) is 21.6 Å². The van der Waals surface area contributed by atoms with E-state index >= 15 is 4.39 Å². The fraction of sp³-hybridized carbons (Fsp3) is 0.423. The average molecular weight is 556 g/mol. The highest BCUT2D eigenvalue weighted by Crippen LogP contribution is 2.43. The van der Waals surface area contributed by atoms with E-state index in [2.05, 4.69) is 5.32 Å². The number of likely N-dealkylation sites (N-methyl/N-ethyl adjacent to an activating group) is 1. The lowest BCUT2D eigenvalue weighted by molar-refractivity contribution is -0.130. The number of halogens is 4. The Kier molecular flexibility index (Phi) is 7.76. The molecule has 1 fully saturated rings. The highest BCUT2D eigenvalue weighted by Gasteiger charge is 2.46. The SMILES string of the molecule is CCC(CC)c1cccc(Oc2ccc(NS(=O)(=O)C(F)(F)F)cc2C2=CN(C)C(=O)C3NCCC23)c1F. The second-order valence-corrected chi connectivity index (χ2v) is 11.1. The van der Waals surface area contributed by atoms with Crippen molar-refractivity contribution in [3.05, 3.63) is 59.5 Å². The van der Waals surface area contributed by atoms with Crippen LogP contribution in [0.25, 0.3) is 5.57 Å². The predicted octanol–water partition coefficient (Wildman–Crippen LogP) is 5.57. The molecule has 0 saturated carbocycles. The minimum atomic E-state index is -5.68. The van der Waals surface area contributed by atoms with Crippen LogP contribution in [0.4, 0.5) is 23.2 Å². The summed E-state index contributed by atoms with van der Waals surface area (Å²) < 4.78 is 85.7. The summed E-state index contributed by atoms with van der Waals surface area (Å²) in [6, 6.07) is 7.88. The maximum atomic E-state index is 15.5. The summed E-state index contributed by atoms with van der Waals surface area (Å²) >= 11 is 0. The first-order valence-corrected chi connectivity index (χ1v) is 13.8. The van der Waals surface area contributed by atoms with E-state index in [1.165, 1.54) is 23.1 Å². The van der Waals surface area contributed by atoms with Gasteiger partial charge in [0.05, 0.1) is 6.04 Å². The van der Waals surface area contributed by atoms with Crippen molar-refractivity contribution in [3.63, 3.8) is 0 Å². The molecular formula is C26H29F4N3O4S. The third kappa shape index (κ3) is 5.24. The molecule has 2 aliphatic heterocycles. The van der Waals surface area contributed by atoms with Crippen molar-refractivity contribution in [1.82, 2.24) is 10.2 Å². The van der Waals surface area contributed by atoms with Crippen molar-refractivity contribution in [1.29, 1.82) is 0 Å². The second kappa shape index (κ2) is 10.6. The number of nitrogens with one attached hydrogen (secondary N) is 2. The molecule has 0 aromatic heterocycles. The molecule has 2 N–H and O–H groups in total. The Labute approximate surface area is 218 Å². The normalized spacial score (nSPS) is 19.9. The molecule has 1 amide bonds. The zero-order valence-corrected chi connectivity index (χ0v) is 21.9. The Balaban J connectivity index is 1.82. The second-order valence-electron chi connectivity index (χ2n) is 9.40. The molecular weight excluding hydrogens is 526 g/mol. The van der Waals surface area contributed by atoms with Gasteiger partial charge in [0.25, 0.3) is 0 Å². The number of alkyl halides is 3. The van der Waals surface area contributed by atoms with Crippen LogP contribution in [0.5, 0.6) is 11.5 Å². The molecule has 4 rings (SSSR count). The summed E-state index contributed by atoms with van der Waals surface area (Å²) in [4.78, 5) is 14.0. The molecule has 2 aromatic rings. The third-order valence-corrected chi connectivity index (χ3v) is 8.17. The van der Waals surface area contributed by atoms with Gasteiger partial charge in [0.15, 0.2) is 11.6 Å². The summed E-state index contributed by atoms with van der Waals surface area (Å²) in [7, 11) is -4.13. The molecule has 2 heterocycles. The summed E-state index contributed by atoms with van der Waals surface area (Å²) in [6.45, 7) is 4.45. The Morgan fingerprint density at radius 3 is 2.53 bits per heavy atom. The van der Waals surface area contributed by atoms with Crippen LogP contribution in [-0.2, 0) is 14.8 Å². The first kappa shape index (κ1) is 27.9. The van der Waals surface area contributed by atoms with Crippen LogP contribution in [-0.4, -0.2) is 44.4 Å². The summed E-state index contributed by atoms with van der Waals surface area (Å²) in [5.41, 5.74) is -4.57. The molecule has 1 saturated heterocycles. The Morgan fingerprint density at radius 1 is 1.16 bits per heavy atom. The van der Waals surface area contributed by atoms with Crippen LogP contribution in [0.1, 0.15) is 50.2 Å². The monoisotopic (exact) mass is 555 g/mol. The van der Waals surface area contributed by atoms with Crippen LogP contribution in [0.3, 0.4) is 0 Å². The molecule has 12 heteroatoms. The molecule has 0 aliphatic carbocycles. The number of sulfonamides is 1. The van der Waals surface area contributed by atoms with Crippen LogP contribution in [0.2, 0.25) is 0 Å². The molecule has 2 aromatic carbocycles. The van der Waals surface area contributed by atoms with Crippen LogP contribution in [0, 0.1) is 11.7 Å². The van der Waals surface area contributed by atoms with Gasteiger partial charge in [-0.15, -0.1) is 0 Å². The summed E-state index contributed by atoms with van der Waals surface area (Å²) in [6.07, 6.45) is 3.56. The van der Waals surface area contributed by atoms with E-state index in [1.807, 2.05) is 13.8 Å². The standard InChI is InChI=1S/C26H29F4N3O4S/c1-4-15(5-2)17-7-6-8-22(23(17)27)37-21-10-9-16(32-38(35,36)26(28,29)30)13-19(21)20-14-33(3)25(34)24-18(20)11-12-31-24/h6-10,13-15,18,24,31-32H,4-5,11-12H2,1-3H3. The van der Waals surface area contributed by atoms with Crippen LogP contribution in [0.15, 0.2) is 42.6 Å². The van der Waals surface area contributed by atoms with Gasteiger partial charge in [0.2, 0.25) is 5.91 Å². The van der Waals surface area contributed by atoms with Crippen molar-refractivity contribution in [2.75, 3.05) is 18.3 Å². The molecule has 206 valence electrons. The first-order chi connectivity index (χ1) is 17.9. The van der Waals surface area contributed by atoms with E-state index in [1.54, 1.807) is 30.1 Å². The quantitative estimate of drug-likeness (QED) is 0.416. The number of anilines is 1. The number of carbonyl (C=O) groups excluding carboxylic acids is 1. The van der Waals surface area contributed by atoms with Crippen molar-refractivity contribution in [2.45, 2.75) is 50.6 Å². The molecule has 0 bridgehead atoms. The van der Waals surface area contributed by atoms with Crippen molar-refractivity contribution < 1.29 is 35.5 Å². The van der Waals surface area contributed by atoms with Gasteiger partial charge in [0.1, 0.15) is 5.75 Å². The number of rotatable bonds is 8. The van der Waals surface area contributed by atoms with E-state index in [-0.39, 0.29) is 40.5 Å². The number of fused-ring (bicyclic) bond motifs is 1. The first-order valence-electron chi connectivity index (χ1n) is 12.3. The van der Waals surface area contributed by atoms with Crippen molar-refractivity contribution in [3.8, 4) is 11.5 Å². The highest BCUT2D eigenvalue weighted by molar-refractivity contribution is 7.93. The predicted molar refractivity (Wildman–Crippen MR) is 135 cm³/mol. The van der Waals surface area contributed by atoms with E-state index < -0.39 is 27.4 Å².